The van der Waals surface area contributed by atoms with Crippen molar-refractivity contribution in [1.82, 2.24) is 15.3 Å². The van der Waals surface area contributed by atoms with Gasteiger partial charge in [0.05, 0.1) is 0 Å². The molecule has 5 nitrogen and oxygen atoms in total. The summed E-state index contributed by atoms with van der Waals surface area (Å²) in [5.41, 5.74) is 18.3. The van der Waals surface area contributed by atoms with Crippen molar-refractivity contribution >= 4 is 5.70 Å². The Hall–Kier alpha value is -3.44. The van der Waals surface area contributed by atoms with E-state index in [1.807, 2.05) is 55.7 Å². The number of dihydropyridines is 1. The second-order valence-electron chi connectivity index (χ2n) is 6.81. The van der Waals surface area contributed by atoms with Gasteiger partial charge in [0, 0.05) is 47.3 Å². The van der Waals surface area contributed by atoms with E-state index >= 15 is 0 Å². The van der Waals surface area contributed by atoms with Crippen molar-refractivity contribution in [3.63, 3.8) is 0 Å². The van der Waals surface area contributed by atoms with E-state index in [0.29, 0.717) is 5.70 Å². The third kappa shape index (κ3) is 3.45. The average molecular weight is 355 g/mol. The van der Waals surface area contributed by atoms with Crippen molar-refractivity contribution < 1.29 is 0 Å². The fraction of sp³-hybridized carbons (Fsp3) is 0.0909. The third-order valence-corrected chi connectivity index (χ3v) is 4.66. The summed E-state index contributed by atoms with van der Waals surface area (Å²) >= 11 is 0. The first-order valence-corrected chi connectivity index (χ1v) is 8.74. The Morgan fingerprint density at radius 3 is 1.85 bits per heavy atom. The molecule has 134 valence electrons. The summed E-state index contributed by atoms with van der Waals surface area (Å²) in [7, 11) is 0. The summed E-state index contributed by atoms with van der Waals surface area (Å²) in [6, 6.07) is 14.4. The summed E-state index contributed by atoms with van der Waals surface area (Å²) in [6.07, 6.45) is 11.1. The van der Waals surface area contributed by atoms with Crippen LogP contribution in [0.4, 0.5) is 0 Å². The zero-order chi connectivity index (χ0) is 18.9. The standard InChI is InChI=1S/C22H21N5/c1-22(24)21(23)7-6-20(27-22)19-11-17(15-4-2-8-25-13-15)10-18(12-19)16-5-3-9-26-14-16/h2-14,27H,23-24H2,1H3. The summed E-state index contributed by atoms with van der Waals surface area (Å²) in [4.78, 5) is 8.50. The van der Waals surface area contributed by atoms with Crippen LogP contribution in [0.25, 0.3) is 28.0 Å². The van der Waals surface area contributed by atoms with Gasteiger partial charge in [-0.25, -0.2) is 0 Å². The Balaban J connectivity index is 1.87. The van der Waals surface area contributed by atoms with Crippen LogP contribution in [0, 0.1) is 0 Å². The predicted molar refractivity (Wildman–Crippen MR) is 109 cm³/mol. The number of allylic oxidation sites excluding steroid dienone is 2. The van der Waals surface area contributed by atoms with Gasteiger partial charge in [0.15, 0.2) is 0 Å². The van der Waals surface area contributed by atoms with Crippen LogP contribution < -0.4 is 16.8 Å². The van der Waals surface area contributed by atoms with Crippen molar-refractivity contribution in [3.8, 4) is 22.3 Å². The second-order valence-corrected chi connectivity index (χ2v) is 6.81. The Bertz CT molecular complexity index is 963. The van der Waals surface area contributed by atoms with E-state index in [9.17, 15) is 0 Å². The molecule has 3 aromatic rings. The molecule has 5 N–H and O–H groups in total. The quantitative estimate of drug-likeness (QED) is 0.671. The minimum absolute atomic E-state index is 0.599. The first-order chi connectivity index (χ1) is 13.0. The SMILES string of the molecule is CC1(N)NC(c2cc(-c3cccnc3)cc(-c3cccnc3)c2)=CC=C1N. The maximum absolute atomic E-state index is 6.28. The van der Waals surface area contributed by atoms with Gasteiger partial charge in [0.1, 0.15) is 5.66 Å². The molecule has 1 aliphatic rings. The maximum Gasteiger partial charge on any atom is 0.124 e. The number of benzene rings is 1. The molecule has 2 aromatic heterocycles. The summed E-state index contributed by atoms with van der Waals surface area (Å²) < 4.78 is 0. The number of nitrogens with zero attached hydrogens (tertiary/aromatic N) is 2. The normalized spacial score (nSPS) is 19.0. The molecule has 0 amide bonds. The smallest absolute Gasteiger partial charge is 0.124 e. The minimum Gasteiger partial charge on any atom is -0.399 e. The predicted octanol–water partition coefficient (Wildman–Crippen LogP) is 3.27. The van der Waals surface area contributed by atoms with Crippen LogP contribution in [-0.2, 0) is 0 Å². The van der Waals surface area contributed by atoms with E-state index in [4.69, 9.17) is 11.5 Å². The molecule has 3 heterocycles. The molecule has 0 fully saturated rings. The third-order valence-electron chi connectivity index (χ3n) is 4.66. The summed E-state index contributed by atoms with van der Waals surface area (Å²) in [5, 5.41) is 3.33. The van der Waals surface area contributed by atoms with E-state index in [0.717, 1.165) is 33.5 Å². The van der Waals surface area contributed by atoms with Crippen LogP contribution in [0.3, 0.4) is 0 Å². The molecule has 1 atom stereocenters. The highest BCUT2D eigenvalue weighted by Gasteiger charge is 2.25. The highest BCUT2D eigenvalue weighted by Crippen LogP contribution is 2.31. The molecule has 0 radical (unpaired) electrons. The fourth-order valence-corrected chi connectivity index (χ4v) is 3.09. The van der Waals surface area contributed by atoms with Crippen LogP contribution in [0.15, 0.2) is 85.1 Å². The summed E-state index contributed by atoms with van der Waals surface area (Å²) in [5.74, 6) is 0. The molecule has 1 aliphatic heterocycles. The number of hydrogen-bond acceptors (Lipinski definition) is 5. The van der Waals surface area contributed by atoms with Crippen LogP contribution in [-0.4, -0.2) is 15.6 Å². The number of aromatic nitrogens is 2. The van der Waals surface area contributed by atoms with Gasteiger partial charge in [-0.2, -0.15) is 0 Å². The van der Waals surface area contributed by atoms with Crippen LogP contribution in [0.2, 0.25) is 0 Å². The zero-order valence-corrected chi connectivity index (χ0v) is 15.1. The van der Waals surface area contributed by atoms with Gasteiger partial charge in [-0.05, 0) is 66.1 Å². The zero-order valence-electron chi connectivity index (χ0n) is 15.1. The van der Waals surface area contributed by atoms with Crippen molar-refractivity contribution in [2.24, 2.45) is 11.5 Å². The van der Waals surface area contributed by atoms with Gasteiger partial charge in [0.25, 0.3) is 0 Å². The highest BCUT2D eigenvalue weighted by molar-refractivity contribution is 5.80. The van der Waals surface area contributed by atoms with E-state index < -0.39 is 5.66 Å². The molecule has 27 heavy (non-hydrogen) atoms. The Morgan fingerprint density at radius 1 is 0.815 bits per heavy atom. The molecular weight excluding hydrogens is 334 g/mol. The highest BCUT2D eigenvalue weighted by atomic mass is 15.1. The fourth-order valence-electron chi connectivity index (χ4n) is 3.09. The largest absolute Gasteiger partial charge is 0.399 e. The van der Waals surface area contributed by atoms with Crippen LogP contribution >= 0.6 is 0 Å². The number of nitrogens with one attached hydrogen (secondary N) is 1. The Morgan fingerprint density at radius 2 is 1.37 bits per heavy atom. The lowest BCUT2D eigenvalue weighted by atomic mass is 9.94. The number of hydrogen-bond donors (Lipinski definition) is 3. The first kappa shape index (κ1) is 17.0. The Kier molecular flexibility index (Phi) is 4.22. The van der Waals surface area contributed by atoms with E-state index in [-0.39, 0.29) is 0 Å². The molecule has 1 aromatic carbocycles. The van der Waals surface area contributed by atoms with E-state index in [2.05, 4.69) is 33.5 Å². The van der Waals surface area contributed by atoms with Gasteiger partial charge in [-0.3, -0.25) is 9.97 Å². The number of pyridine rings is 2. The molecule has 0 aliphatic carbocycles. The van der Waals surface area contributed by atoms with E-state index in [1.165, 1.54) is 0 Å². The molecule has 4 rings (SSSR count). The molecule has 0 saturated carbocycles. The number of nitrogens with two attached hydrogens (primary N) is 2. The topological polar surface area (TPSA) is 89.8 Å². The lowest BCUT2D eigenvalue weighted by molar-refractivity contribution is 0.491. The molecular formula is C22H21N5. The van der Waals surface area contributed by atoms with Crippen molar-refractivity contribution in [2.75, 3.05) is 0 Å². The minimum atomic E-state index is -0.789. The Labute approximate surface area is 158 Å². The van der Waals surface area contributed by atoms with Crippen molar-refractivity contribution in [3.05, 3.63) is 90.7 Å². The van der Waals surface area contributed by atoms with Crippen LogP contribution in [0.5, 0.6) is 0 Å². The lowest BCUT2D eigenvalue weighted by Gasteiger charge is -2.32. The van der Waals surface area contributed by atoms with Gasteiger partial charge in [-0.15, -0.1) is 0 Å². The molecule has 0 saturated heterocycles. The van der Waals surface area contributed by atoms with Gasteiger partial charge >= 0.3 is 0 Å². The average Bonchev–Trinajstić information content (AvgIpc) is 2.71. The van der Waals surface area contributed by atoms with Crippen molar-refractivity contribution in [1.29, 1.82) is 0 Å². The maximum atomic E-state index is 6.28. The molecule has 0 bridgehead atoms. The first-order valence-electron chi connectivity index (χ1n) is 8.74. The second kappa shape index (κ2) is 6.70. The molecule has 5 heteroatoms. The molecule has 0 spiro atoms. The van der Waals surface area contributed by atoms with Gasteiger partial charge in [0.2, 0.25) is 0 Å². The van der Waals surface area contributed by atoms with Crippen molar-refractivity contribution in [2.45, 2.75) is 12.6 Å². The number of rotatable bonds is 3. The monoisotopic (exact) mass is 355 g/mol. The van der Waals surface area contributed by atoms with Gasteiger partial charge in [-0.1, -0.05) is 12.1 Å². The van der Waals surface area contributed by atoms with E-state index in [1.54, 1.807) is 12.4 Å². The molecule has 1 unspecified atom stereocenters. The van der Waals surface area contributed by atoms with Crippen LogP contribution in [0.1, 0.15) is 12.5 Å². The lowest BCUT2D eigenvalue weighted by Crippen LogP contribution is -2.54. The summed E-state index contributed by atoms with van der Waals surface area (Å²) in [6.45, 7) is 1.86. The van der Waals surface area contributed by atoms with Gasteiger partial charge < -0.3 is 16.8 Å².